The number of aromatic nitrogens is 4. The number of hydrogen-bond donors (Lipinski definition) is 3. The molecule has 1 atom stereocenters. The lowest BCUT2D eigenvalue weighted by atomic mass is 10.1. The van der Waals surface area contributed by atoms with Gasteiger partial charge in [0.15, 0.2) is 0 Å². The highest BCUT2D eigenvalue weighted by atomic mass is 16.3. The number of nitrogens with two attached hydrogens (primary N) is 1. The second-order valence-corrected chi connectivity index (χ2v) is 5.76. The third-order valence-corrected chi connectivity index (χ3v) is 4.41. The van der Waals surface area contributed by atoms with Crippen LogP contribution in [0.15, 0.2) is 30.9 Å². The molecule has 23 heavy (non-hydrogen) atoms. The number of hydrogen-bond acceptors (Lipinski definition) is 6. The summed E-state index contributed by atoms with van der Waals surface area (Å²) < 4.78 is 0. The fraction of sp³-hybridized carbons (Fsp3) is 0.312. The van der Waals surface area contributed by atoms with E-state index in [2.05, 4.69) is 24.8 Å². The van der Waals surface area contributed by atoms with Crippen LogP contribution in [0, 0.1) is 0 Å². The van der Waals surface area contributed by atoms with Crippen molar-refractivity contribution in [2.24, 2.45) is 0 Å². The highest BCUT2D eigenvalue weighted by molar-refractivity contribution is 6.02. The van der Waals surface area contributed by atoms with Crippen molar-refractivity contribution < 1.29 is 5.11 Å². The van der Waals surface area contributed by atoms with Crippen LogP contribution in [0.1, 0.15) is 12.8 Å². The van der Waals surface area contributed by atoms with E-state index in [0.29, 0.717) is 5.82 Å². The number of fused-ring (bicyclic) bond motifs is 1. The summed E-state index contributed by atoms with van der Waals surface area (Å²) in [5, 5.41) is 10.6. The molecule has 0 aromatic carbocycles. The van der Waals surface area contributed by atoms with E-state index in [0.717, 1.165) is 47.4 Å². The zero-order chi connectivity index (χ0) is 15.8. The molecule has 1 fully saturated rings. The van der Waals surface area contributed by atoms with Gasteiger partial charge in [0.1, 0.15) is 17.8 Å². The zero-order valence-corrected chi connectivity index (χ0v) is 12.6. The third-order valence-electron chi connectivity index (χ3n) is 4.41. The molecule has 0 bridgehead atoms. The summed E-state index contributed by atoms with van der Waals surface area (Å²) in [6, 6.07) is 3.91. The molecule has 118 valence electrons. The van der Waals surface area contributed by atoms with E-state index in [1.807, 2.05) is 12.3 Å². The van der Waals surface area contributed by atoms with Gasteiger partial charge in [-0.05, 0) is 18.9 Å². The van der Waals surface area contributed by atoms with Crippen LogP contribution in [0.2, 0.25) is 0 Å². The fourth-order valence-electron chi connectivity index (χ4n) is 3.34. The number of aliphatic hydroxyl groups excluding tert-OH is 1. The Labute approximate surface area is 133 Å². The fourth-order valence-corrected chi connectivity index (χ4v) is 3.34. The Bertz CT molecular complexity index is 845. The van der Waals surface area contributed by atoms with Crippen LogP contribution in [-0.4, -0.2) is 44.2 Å². The summed E-state index contributed by atoms with van der Waals surface area (Å²) in [7, 11) is 0. The van der Waals surface area contributed by atoms with Crippen molar-refractivity contribution in [3.8, 4) is 11.3 Å². The van der Waals surface area contributed by atoms with Crippen molar-refractivity contribution in [2.75, 3.05) is 23.8 Å². The molecule has 0 spiro atoms. The lowest BCUT2D eigenvalue weighted by molar-refractivity contribution is 0.266. The van der Waals surface area contributed by atoms with E-state index in [1.54, 1.807) is 12.3 Å². The van der Waals surface area contributed by atoms with Gasteiger partial charge in [-0.1, -0.05) is 0 Å². The summed E-state index contributed by atoms with van der Waals surface area (Å²) in [5.74, 6) is 0.434. The van der Waals surface area contributed by atoms with E-state index < -0.39 is 0 Å². The van der Waals surface area contributed by atoms with Crippen LogP contribution in [0.4, 0.5) is 11.5 Å². The molecular formula is C16H18N6O. The summed E-state index contributed by atoms with van der Waals surface area (Å²) in [4.78, 5) is 18.2. The Hall–Kier alpha value is -2.67. The molecule has 1 aliphatic heterocycles. The Morgan fingerprint density at radius 2 is 2.26 bits per heavy atom. The molecule has 1 aliphatic rings. The number of nitrogens with one attached hydrogen (secondary N) is 1. The van der Waals surface area contributed by atoms with Crippen molar-refractivity contribution in [3.05, 3.63) is 30.9 Å². The summed E-state index contributed by atoms with van der Waals surface area (Å²) in [6.07, 6.45) is 7.23. The molecule has 7 heteroatoms. The van der Waals surface area contributed by atoms with Gasteiger partial charge in [-0.3, -0.25) is 0 Å². The first-order valence-corrected chi connectivity index (χ1v) is 7.69. The van der Waals surface area contributed by atoms with Gasteiger partial charge >= 0.3 is 0 Å². The van der Waals surface area contributed by atoms with Crippen molar-refractivity contribution in [3.63, 3.8) is 0 Å². The highest BCUT2D eigenvalue weighted by Crippen LogP contribution is 2.37. The van der Waals surface area contributed by atoms with Gasteiger partial charge in [0.05, 0.1) is 29.4 Å². The maximum Gasteiger partial charge on any atom is 0.140 e. The minimum Gasteiger partial charge on any atom is -0.394 e. The van der Waals surface area contributed by atoms with Gasteiger partial charge in [0, 0.05) is 30.6 Å². The maximum absolute atomic E-state index is 9.64. The molecular weight excluding hydrogens is 292 g/mol. The van der Waals surface area contributed by atoms with E-state index in [4.69, 9.17) is 5.73 Å². The molecule has 4 rings (SSSR count). The van der Waals surface area contributed by atoms with Gasteiger partial charge in [0.25, 0.3) is 0 Å². The monoisotopic (exact) mass is 310 g/mol. The quantitative estimate of drug-likeness (QED) is 0.678. The second-order valence-electron chi connectivity index (χ2n) is 5.76. The highest BCUT2D eigenvalue weighted by Gasteiger charge is 2.26. The van der Waals surface area contributed by atoms with E-state index in [1.165, 1.54) is 6.33 Å². The van der Waals surface area contributed by atoms with Gasteiger partial charge in [-0.15, -0.1) is 0 Å². The molecule has 3 aromatic rings. The normalized spacial score (nSPS) is 18.0. The first kappa shape index (κ1) is 14.0. The number of anilines is 2. The average molecular weight is 310 g/mol. The minimum atomic E-state index is 0.152. The Morgan fingerprint density at radius 3 is 3.09 bits per heavy atom. The first-order chi connectivity index (χ1) is 11.3. The van der Waals surface area contributed by atoms with Crippen LogP contribution in [0.5, 0.6) is 0 Å². The standard InChI is InChI=1S/C16H18N6O/c17-14-6-12(20-9-21-14)11-7-19-16-15(11)13(3-4-18-16)22-5-1-2-10(22)8-23/h3-4,6-7,9-10,23H,1-2,5,8H2,(H,18,19)(H2,17,20,21)/t10-/m0/s1. The molecule has 0 radical (unpaired) electrons. The zero-order valence-electron chi connectivity index (χ0n) is 12.6. The van der Waals surface area contributed by atoms with E-state index >= 15 is 0 Å². The molecule has 3 aromatic heterocycles. The Kier molecular flexibility index (Phi) is 3.34. The number of nitrogen functional groups attached to an aromatic ring is 1. The molecule has 4 heterocycles. The largest absolute Gasteiger partial charge is 0.394 e. The smallest absolute Gasteiger partial charge is 0.140 e. The lowest BCUT2D eigenvalue weighted by Gasteiger charge is -2.26. The van der Waals surface area contributed by atoms with Crippen LogP contribution < -0.4 is 10.6 Å². The van der Waals surface area contributed by atoms with E-state index in [9.17, 15) is 5.11 Å². The van der Waals surface area contributed by atoms with Crippen molar-refractivity contribution in [1.82, 2.24) is 19.9 Å². The van der Waals surface area contributed by atoms with Crippen molar-refractivity contribution in [2.45, 2.75) is 18.9 Å². The Morgan fingerprint density at radius 1 is 1.35 bits per heavy atom. The SMILES string of the molecule is Nc1cc(-c2c[nH]c3nccc(N4CCC[C@H]4CO)c23)ncn1. The number of aromatic amines is 1. The van der Waals surface area contributed by atoms with Gasteiger partial charge < -0.3 is 20.7 Å². The molecule has 7 nitrogen and oxygen atoms in total. The van der Waals surface area contributed by atoms with Gasteiger partial charge in [-0.2, -0.15) is 0 Å². The number of H-pyrrole nitrogens is 1. The predicted octanol–water partition coefficient (Wildman–Crippen LogP) is 1.56. The van der Waals surface area contributed by atoms with Crippen LogP contribution in [0.25, 0.3) is 22.3 Å². The van der Waals surface area contributed by atoms with Crippen molar-refractivity contribution in [1.29, 1.82) is 0 Å². The Balaban J connectivity index is 1.91. The van der Waals surface area contributed by atoms with E-state index in [-0.39, 0.29) is 12.6 Å². The van der Waals surface area contributed by atoms with Crippen LogP contribution in [0.3, 0.4) is 0 Å². The van der Waals surface area contributed by atoms with Gasteiger partial charge in [0.2, 0.25) is 0 Å². The maximum atomic E-state index is 9.64. The lowest BCUT2D eigenvalue weighted by Crippen LogP contribution is -2.32. The molecule has 1 saturated heterocycles. The summed E-state index contributed by atoms with van der Waals surface area (Å²) >= 11 is 0. The second kappa shape index (κ2) is 5.51. The third kappa shape index (κ3) is 2.29. The molecule has 0 unspecified atom stereocenters. The van der Waals surface area contributed by atoms with Crippen LogP contribution >= 0.6 is 0 Å². The molecule has 4 N–H and O–H groups in total. The van der Waals surface area contributed by atoms with Crippen molar-refractivity contribution >= 4 is 22.5 Å². The number of pyridine rings is 1. The van der Waals surface area contributed by atoms with Crippen LogP contribution in [-0.2, 0) is 0 Å². The number of nitrogens with zero attached hydrogens (tertiary/aromatic N) is 4. The summed E-state index contributed by atoms with van der Waals surface area (Å²) in [6.45, 7) is 1.09. The average Bonchev–Trinajstić information content (AvgIpc) is 3.21. The first-order valence-electron chi connectivity index (χ1n) is 7.69. The summed E-state index contributed by atoms with van der Waals surface area (Å²) in [5.41, 5.74) is 9.37. The molecule has 0 saturated carbocycles. The molecule has 0 amide bonds. The topological polar surface area (TPSA) is 104 Å². The van der Waals surface area contributed by atoms with Gasteiger partial charge in [-0.25, -0.2) is 15.0 Å². The molecule has 0 aliphatic carbocycles. The number of rotatable bonds is 3. The minimum absolute atomic E-state index is 0.152. The predicted molar refractivity (Wildman–Crippen MR) is 89.0 cm³/mol. The number of aliphatic hydroxyl groups is 1.